The second-order valence-electron chi connectivity index (χ2n) is 4.43. The van der Waals surface area contributed by atoms with E-state index in [1.165, 1.54) is 19.1 Å². The van der Waals surface area contributed by atoms with Crippen LogP contribution in [0.5, 0.6) is 0 Å². The van der Waals surface area contributed by atoms with Crippen molar-refractivity contribution in [3.63, 3.8) is 0 Å². The molecule has 0 saturated heterocycles. The topological polar surface area (TPSA) is 72.2 Å². The molecule has 2 rings (SSSR count). The lowest BCUT2D eigenvalue weighted by Crippen LogP contribution is -2.00. The van der Waals surface area contributed by atoms with E-state index in [1.807, 2.05) is 30.3 Å². The van der Waals surface area contributed by atoms with E-state index in [-0.39, 0.29) is 11.5 Å². The molecule has 0 aliphatic heterocycles. The molecule has 0 amide bonds. The fourth-order valence-electron chi connectivity index (χ4n) is 1.87. The molecule has 0 aliphatic carbocycles. The molecule has 5 heteroatoms. The minimum Gasteiger partial charge on any atom is -0.361 e. The lowest BCUT2D eigenvalue weighted by molar-refractivity contribution is -0.384. The maximum atomic E-state index is 11.7. The number of Topliss-reactive ketones (excluding diaryl/α,β-unsaturated/α-hetero) is 1. The number of hydrogen-bond donors (Lipinski definition) is 1. The van der Waals surface area contributed by atoms with E-state index >= 15 is 0 Å². The van der Waals surface area contributed by atoms with Crippen LogP contribution in [0, 0.1) is 10.1 Å². The first kappa shape index (κ1) is 14.5. The number of nitrogens with one attached hydrogen (secondary N) is 1. The van der Waals surface area contributed by atoms with Gasteiger partial charge in [-0.25, -0.2) is 0 Å². The molecule has 0 heterocycles. The number of anilines is 1. The first-order valence-corrected chi connectivity index (χ1v) is 6.35. The molecular weight excluding hydrogens is 268 g/mol. The number of nitro groups is 1. The number of rotatable bonds is 5. The molecule has 0 aliphatic rings. The van der Waals surface area contributed by atoms with Crippen molar-refractivity contribution >= 4 is 22.7 Å². The normalized spacial score (nSPS) is 11.0. The predicted molar refractivity (Wildman–Crippen MR) is 81.8 cm³/mol. The van der Waals surface area contributed by atoms with Gasteiger partial charge in [-0.2, -0.15) is 0 Å². The summed E-state index contributed by atoms with van der Waals surface area (Å²) in [6.07, 6.45) is 1.57. The number of carbonyl (C=O) groups is 1. The summed E-state index contributed by atoms with van der Waals surface area (Å²) in [4.78, 5) is 22.0. The summed E-state index contributed by atoms with van der Waals surface area (Å²) in [7, 11) is 0. The summed E-state index contributed by atoms with van der Waals surface area (Å²) in [6, 6.07) is 15.4. The maximum absolute atomic E-state index is 11.7. The largest absolute Gasteiger partial charge is 0.361 e. The van der Waals surface area contributed by atoms with Gasteiger partial charge >= 0.3 is 0 Å². The highest BCUT2D eigenvalue weighted by molar-refractivity contribution is 6.19. The van der Waals surface area contributed by atoms with Crippen LogP contribution >= 0.6 is 0 Å². The minimum absolute atomic E-state index is 0.00233. The Morgan fingerprint density at radius 1 is 1.14 bits per heavy atom. The number of nitrogens with zero attached hydrogens (tertiary/aromatic N) is 1. The average Bonchev–Trinajstić information content (AvgIpc) is 2.48. The van der Waals surface area contributed by atoms with Crippen LogP contribution in [0.1, 0.15) is 12.5 Å². The molecule has 0 unspecified atom stereocenters. The third kappa shape index (κ3) is 3.76. The number of ketones is 1. The summed E-state index contributed by atoms with van der Waals surface area (Å²) in [6.45, 7) is 1.48. The van der Waals surface area contributed by atoms with Crippen molar-refractivity contribution in [2.45, 2.75) is 6.92 Å². The Morgan fingerprint density at radius 3 is 2.48 bits per heavy atom. The molecule has 0 radical (unpaired) electrons. The van der Waals surface area contributed by atoms with E-state index < -0.39 is 4.92 Å². The summed E-state index contributed by atoms with van der Waals surface area (Å²) in [5, 5.41) is 13.7. The van der Waals surface area contributed by atoms with Crippen molar-refractivity contribution in [1.29, 1.82) is 0 Å². The third-order valence-corrected chi connectivity index (χ3v) is 2.90. The summed E-state index contributed by atoms with van der Waals surface area (Å²) < 4.78 is 0. The molecular formula is C16H14N2O3. The van der Waals surface area contributed by atoms with Crippen molar-refractivity contribution in [2.75, 3.05) is 5.32 Å². The van der Waals surface area contributed by atoms with Crippen LogP contribution < -0.4 is 5.32 Å². The number of allylic oxidation sites excluding steroid dienone is 1. The van der Waals surface area contributed by atoms with E-state index in [4.69, 9.17) is 0 Å². The van der Waals surface area contributed by atoms with Crippen LogP contribution in [0.15, 0.2) is 60.8 Å². The smallest absolute Gasteiger partial charge is 0.271 e. The molecule has 21 heavy (non-hydrogen) atoms. The lowest BCUT2D eigenvalue weighted by Gasteiger charge is -2.06. The fourth-order valence-corrected chi connectivity index (χ4v) is 1.87. The zero-order valence-electron chi connectivity index (χ0n) is 11.4. The van der Waals surface area contributed by atoms with Crippen molar-refractivity contribution in [3.05, 3.63) is 76.5 Å². The third-order valence-electron chi connectivity index (χ3n) is 2.90. The Balaban J connectivity index is 2.27. The minimum atomic E-state index is -0.460. The van der Waals surface area contributed by atoms with E-state index in [1.54, 1.807) is 18.3 Å². The Hall–Kier alpha value is -2.95. The zero-order valence-corrected chi connectivity index (χ0v) is 11.4. The molecule has 5 nitrogen and oxygen atoms in total. The van der Waals surface area contributed by atoms with Gasteiger partial charge in [0, 0.05) is 29.6 Å². The summed E-state index contributed by atoms with van der Waals surface area (Å²) >= 11 is 0. The molecule has 0 fully saturated rings. The van der Waals surface area contributed by atoms with Gasteiger partial charge in [0.1, 0.15) is 0 Å². The Kier molecular flexibility index (Phi) is 4.46. The molecule has 2 aromatic carbocycles. The second kappa shape index (κ2) is 6.47. The molecule has 0 saturated carbocycles. The summed E-state index contributed by atoms with van der Waals surface area (Å²) in [5.41, 5.74) is 1.86. The van der Waals surface area contributed by atoms with Crippen molar-refractivity contribution < 1.29 is 9.72 Å². The lowest BCUT2D eigenvalue weighted by atomic mass is 10.0. The van der Waals surface area contributed by atoms with Gasteiger partial charge in [-0.15, -0.1) is 0 Å². The van der Waals surface area contributed by atoms with Gasteiger partial charge in [-0.05, 0) is 18.6 Å². The molecule has 0 spiro atoms. The quantitative estimate of drug-likeness (QED) is 0.516. The van der Waals surface area contributed by atoms with Crippen LogP contribution in [0.4, 0.5) is 11.4 Å². The van der Waals surface area contributed by atoms with Crippen LogP contribution in [0.2, 0.25) is 0 Å². The Morgan fingerprint density at radius 2 is 1.86 bits per heavy atom. The highest BCUT2D eigenvalue weighted by atomic mass is 16.6. The van der Waals surface area contributed by atoms with Gasteiger partial charge in [0.15, 0.2) is 5.78 Å². The number of benzene rings is 2. The standard InChI is InChI=1S/C16H14N2O3/c1-12(19)16(13-6-3-2-4-7-13)11-17-14-8-5-9-15(10-14)18(20)21/h2-11,17H,1H3. The van der Waals surface area contributed by atoms with E-state index in [0.717, 1.165) is 5.56 Å². The predicted octanol–water partition coefficient (Wildman–Crippen LogP) is 3.64. The number of hydrogen-bond acceptors (Lipinski definition) is 4. The first-order chi connectivity index (χ1) is 10.1. The molecule has 1 N–H and O–H groups in total. The van der Waals surface area contributed by atoms with E-state index in [9.17, 15) is 14.9 Å². The van der Waals surface area contributed by atoms with Crippen LogP contribution in [0.3, 0.4) is 0 Å². The second-order valence-corrected chi connectivity index (χ2v) is 4.43. The zero-order chi connectivity index (χ0) is 15.2. The fraction of sp³-hybridized carbons (Fsp3) is 0.0625. The van der Waals surface area contributed by atoms with Gasteiger partial charge in [0.25, 0.3) is 5.69 Å². The van der Waals surface area contributed by atoms with Gasteiger partial charge in [0.2, 0.25) is 0 Å². The maximum Gasteiger partial charge on any atom is 0.271 e. The number of nitro benzene ring substituents is 1. The van der Waals surface area contributed by atoms with Crippen LogP contribution in [-0.4, -0.2) is 10.7 Å². The van der Waals surface area contributed by atoms with Gasteiger partial charge in [-0.3, -0.25) is 14.9 Å². The van der Waals surface area contributed by atoms with Crippen LogP contribution in [-0.2, 0) is 4.79 Å². The van der Waals surface area contributed by atoms with E-state index in [2.05, 4.69) is 5.32 Å². The number of non-ortho nitro benzene ring substituents is 1. The highest BCUT2D eigenvalue weighted by Gasteiger charge is 2.08. The highest BCUT2D eigenvalue weighted by Crippen LogP contribution is 2.19. The van der Waals surface area contributed by atoms with Gasteiger partial charge in [0.05, 0.1) is 4.92 Å². The molecule has 0 atom stereocenters. The van der Waals surface area contributed by atoms with Crippen molar-refractivity contribution in [3.8, 4) is 0 Å². The molecule has 0 aromatic heterocycles. The molecule has 0 bridgehead atoms. The van der Waals surface area contributed by atoms with E-state index in [0.29, 0.717) is 11.3 Å². The number of carbonyl (C=O) groups excluding carboxylic acids is 1. The Labute approximate surface area is 122 Å². The SMILES string of the molecule is CC(=O)C(=CNc1cccc([N+](=O)[O-])c1)c1ccccc1. The average molecular weight is 282 g/mol. The monoisotopic (exact) mass is 282 g/mol. The molecule has 106 valence electrons. The van der Waals surface area contributed by atoms with Gasteiger partial charge < -0.3 is 5.32 Å². The van der Waals surface area contributed by atoms with Gasteiger partial charge in [-0.1, -0.05) is 36.4 Å². The summed E-state index contributed by atoms with van der Waals surface area (Å²) in [5.74, 6) is -0.0841. The van der Waals surface area contributed by atoms with Crippen molar-refractivity contribution in [1.82, 2.24) is 0 Å². The first-order valence-electron chi connectivity index (χ1n) is 6.35. The van der Waals surface area contributed by atoms with Crippen LogP contribution in [0.25, 0.3) is 5.57 Å². The van der Waals surface area contributed by atoms with Crippen molar-refractivity contribution in [2.24, 2.45) is 0 Å². The Bertz CT molecular complexity index is 694. The molecule has 2 aromatic rings.